The number of amides is 1. The molecule has 0 radical (unpaired) electrons. The number of benzene rings is 1. The highest BCUT2D eigenvalue weighted by molar-refractivity contribution is 7.99. The fourth-order valence-corrected chi connectivity index (χ4v) is 3.01. The number of para-hydroxylation sites is 1. The van der Waals surface area contributed by atoms with E-state index < -0.39 is 0 Å². The lowest BCUT2D eigenvalue weighted by molar-refractivity contribution is -0.117. The Morgan fingerprint density at radius 3 is 2.75 bits per heavy atom. The molecule has 6 heteroatoms. The minimum absolute atomic E-state index is 0.00989. The van der Waals surface area contributed by atoms with Gasteiger partial charge in [0.15, 0.2) is 5.16 Å². The number of fused-ring (bicyclic) bond motifs is 1. The first-order chi connectivity index (χ1) is 9.50. The number of nitrogens with zero attached hydrogens (tertiary/aromatic N) is 2. The highest BCUT2D eigenvalue weighted by Gasteiger charge is 2.13. The van der Waals surface area contributed by atoms with E-state index in [4.69, 9.17) is 5.73 Å². The Kier molecular flexibility index (Phi) is 4.44. The van der Waals surface area contributed by atoms with Crippen molar-refractivity contribution in [1.82, 2.24) is 9.55 Å². The zero-order chi connectivity index (χ0) is 14.7. The fourth-order valence-electron chi connectivity index (χ4n) is 1.93. The number of carbonyl (C=O) groups excluding carboxylic acids is 1. The normalized spacial score (nSPS) is 11.2. The number of carbonyl (C=O) groups is 1. The van der Waals surface area contributed by atoms with E-state index >= 15 is 0 Å². The van der Waals surface area contributed by atoms with Crippen molar-refractivity contribution in [3.8, 4) is 0 Å². The van der Waals surface area contributed by atoms with E-state index in [1.54, 1.807) is 10.6 Å². The van der Waals surface area contributed by atoms with Crippen LogP contribution in [0, 0.1) is 0 Å². The molecule has 0 aliphatic heterocycles. The van der Waals surface area contributed by atoms with Crippen molar-refractivity contribution in [2.45, 2.75) is 31.5 Å². The highest BCUT2D eigenvalue weighted by Crippen LogP contribution is 2.21. The van der Waals surface area contributed by atoms with Gasteiger partial charge < -0.3 is 5.73 Å². The number of hydrogen-bond donors (Lipinski definition) is 1. The fraction of sp³-hybridized carbons (Fsp3) is 0.357. The van der Waals surface area contributed by atoms with Gasteiger partial charge in [0.05, 0.1) is 10.9 Å². The molecule has 0 aliphatic rings. The molecule has 1 heterocycles. The largest absolute Gasteiger partial charge is 0.370 e. The van der Waals surface area contributed by atoms with Crippen LogP contribution in [-0.4, -0.2) is 21.2 Å². The topological polar surface area (TPSA) is 78.0 Å². The van der Waals surface area contributed by atoms with Crippen LogP contribution < -0.4 is 11.3 Å². The molecule has 0 atom stereocenters. The second-order valence-corrected chi connectivity index (χ2v) is 5.81. The van der Waals surface area contributed by atoms with E-state index in [-0.39, 0.29) is 23.9 Å². The lowest BCUT2D eigenvalue weighted by atomic mass is 10.2. The third-order valence-corrected chi connectivity index (χ3v) is 3.83. The molecule has 5 nitrogen and oxygen atoms in total. The predicted molar refractivity (Wildman–Crippen MR) is 80.9 cm³/mol. The molecule has 2 rings (SSSR count). The first kappa shape index (κ1) is 14.6. The maximum absolute atomic E-state index is 12.5. The predicted octanol–water partition coefficient (Wildman–Crippen LogP) is 1.94. The Labute approximate surface area is 121 Å². The molecule has 0 fully saturated rings. The van der Waals surface area contributed by atoms with Crippen LogP contribution in [0.3, 0.4) is 0 Å². The van der Waals surface area contributed by atoms with E-state index in [1.165, 1.54) is 11.8 Å². The van der Waals surface area contributed by atoms with Crippen molar-refractivity contribution in [3.05, 3.63) is 34.6 Å². The average Bonchev–Trinajstić information content (AvgIpc) is 2.38. The van der Waals surface area contributed by atoms with Crippen LogP contribution >= 0.6 is 11.8 Å². The van der Waals surface area contributed by atoms with Crippen LogP contribution in [0.1, 0.15) is 26.3 Å². The summed E-state index contributed by atoms with van der Waals surface area (Å²) in [6.45, 7) is 3.88. The molecule has 106 valence electrons. The second-order valence-electron chi connectivity index (χ2n) is 4.75. The summed E-state index contributed by atoms with van der Waals surface area (Å²) in [6.07, 6.45) is 0.269. The zero-order valence-corrected chi connectivity index (χ0v) is 12.3. The van der Waals surface area contributed by atoms with Crippen molar-refractivity contribution < 1.29 is 4.79 Å². The van der Waals surface area contributed by atoms with Crippen molar-refractivity contribution >= 4 is 28.6 Å². The van der Waals surface area contributed by atoms with Crippen LogP contribution in [0.15, 0.2) is 34.2 Å². The number of hydrogen-bond acceptors (Lipinski definition) is 4. The number of rotatable bonds is 5. The quantitative estimate of drug-likeness (QED) is 0.674. The first-order valence-corrected chi connectivity index (χ1v) is 7.41. The van der Waals surface area contributed by atoms with Gasteiger partial charge in [0.1, 0.15) is 0 Å². The summed E-state index contributed by atoms with van der Waals surface area (Å²) in [4.78, 5) is 27.8. The average molecular weight is 291 g/mol. The van der Waals surface area contributed by atoms with E-state index in [0.29, 0.717) is 21.8 Å². The molecule has 20 heavy (non-hydrogen) atoms. The molecule has 0 aliphatic carbocycles. The van der Waals surface area contributed by atoms with Crippen molar-refractivity contribution in [1.29, 1.82) is 0 Å². The summed E-state index contributed by atoms with van der Waals surface area (Å²) in [5.41, 5.74) is 5.76. The molecule has 0 unspecified atom stereocenters. The van der Waals surface area contributed by atoms with E-state index in [0.717, 1.165) is 0 Å². The van der Waals surface area contributed by atoms with Crippen molar-refractivity contribution in [3.63, 3.8) is 0 Å². The summed E-state index contributed by atoms with van der Waals surface area (Å²) in [6, 6.07) is 7.29. The number of nitrogens with two attached hydrogens (primary N) is 1. The SMILES string of the molecule is CC(C)n1c(SCCC(N)=O)nc2ccccc2c1=O. The Hall–Kier alpha value is -1.82. The summed E-state index contributed by atoms with van der Waals surface area (Å²) in [5.74, 6) is 0.170. The molecule has 0 bridgehead atoms. The lowest BCUT2D eigenvalue weighted by Crippen LogP contribution is -2.25. The van der Waals surface area contributed by atoms with Crippen LogP contribution in [0.4, 0.5) is 0 Å². The Morgan fingerprint density at radius 2 is 2.10 bits per heavy atom. The molecule has 0 saturated heterocycles. The molecule has 1 aromatic carbocycles. The molecule has 1 aromatic heterocycles. The van der Waals surface area contributed by atoms with Gasteiger partial charge in [-0.2, -0.15) is 0 Å². The van der Waals surface area contributed by atoms with Gasteiger partial charge in [0, 0.05) is 18.2 Å². The Morgan fingerprint density at radius 1 is 1.40 bits per heavy atom. The van der Waals surface area contributed by atoms with Gasteiger partial charge in [-0.3, -0.25) is 14.2 Å². The minimum atomic E-state index is -0.350. The third-order valence-electron chi connectivity index (χ3n) is 2.87. The van der Waals surface area contributed by atoms with Gasteiger partial charge >= 0.3 is 0 Å². The van der Waals surface area contributed by atoms with Crippen LogP contribution in [0.2, 0.25) is 0 Å². The van der Waals surface area contributed by atoms with Crippen LogP contribution in [0.25, 0.3) is 10.9 Å². The van der Waals surface area contributed by atoms with Gasteiger partial charge in [-0.1, -0.05) is 23.9 Å². The number of thioether (sulfide) groups is 1. The van der Waals surface area contributed by atoms with Crippen molar-refractivity contribution in [2.24, 2.45) is 5.73 Å². The molecular formula is C14H17N3O2S. The lowest BCUT2D eigenvalue weighted by Gasteiger charge is -2.15. The Balaban J connectivity index is 2.48. The van der Waals surface area contributed by atoms with E-state index in [9.17, 15) is 9.59 Å². The summed E-state index contributed by atoms with van der Waals surface area (Å²) in [5, 5.41) is 1.24. The van der Waals surface area contributed by atoms with Gasteiger partial charge in [-0.15, -0.1) is 0 Å². The summed E-state index contributed by atoms with van der Waals surface area (Å²) in [7, 11) is 0. The van der Waals surface area contributed by atoms with Gasteiger partial charge in [-0.25, -0.2) is 4.98 Å². The van der Waals surface area contributed by atoms with Crippen molar-refractivity contribution in [2.75, 3.05) is 5.75 Å². The number of aromatic nitrogens is 2. The highest BCUT2D eigenvalue weighted by atomic mass is 32.2. The molecule has 2 N–H and O–H groups in total. The smallest absolute Gasteiger partial charge is 0.262 e. The summed E-state index contributed by atoms with van der Waals surface area (Å²) >= 11 is 1.38. The maximum Gasteiger partial charge on any atom is 0.262 e. The zero-order valence-electron chi connectivity index (χ0n) is 11.5. The van der Waals surface area contributed by atoms with E-state index in [2.05, 4.69) is 4.98 Å². The van der Waals surface area contributed by atoms with Gasteiger partial charge in [0.2, 0.25) is 5.91 Å². The first-order valence-electron chi connectivity index (χ1n) is 6.43. The second kappa shape index (κ2) is 6.09. The van der Waals surface area contributed by atoms with Gasteiger partial charge in [-0.05, 0) is 26.0 Å². The number of primary amides is 1. The van der Waals surface area contributed by atoms with Crippen LogP contribution in [-0.2, 0) is 4.79 Å². The summed E-state index contributed by atoms with van der Waals surface area (Å²) < 4.78 is 1.66. The molecule has 0 spiro atoms. The minimum Gasteiger partial charge on any atom is -0.370 e. The molecule has 0 saturated carbocycles. The molecule has 1 amide bonds. The Bertz CT molecular complexity index is 694. The van der Waals surface area contributed by atoms with Gasteiger partial charge in [0.25, 0.3) is 5.56 Å². The maximum atomic E-state index is 12.5. The van der Waals surface area contributed by atoms with Crippen LogP contribution in [0.5, 0.6) is 0 Å². The monoisotopic (exact) mass is 291 g/mol. The third kappa shape index (κ3) is 3.01. The standard InChI is InChI=1S/C14H17N3O2S/c1-9(2)17-13(19)10-5-3-4-6-11(10)16-14(17)20-8-7-12(15)18/h3-6,9H,7-8H2,1-2H3,(H2,15,18). The van der Waals surface area contributed by atoms with E-state index in [1.807, 2.05) is 32.0 Å². The molecular weight excluding hydrogens is 274 g/mol. The molecule has 2 aromatic rings.